The molecule has 0 unspecified atom stereocenters. The molecule has 1 N–H and O–H groups in total. The van der Waals surface area contributed by atoms with Crippen molar-refractivity contribution in [2.75, 3.05) is 7.11 Å². The molecule has 108 valence electrons. The maximum absolute atomic E-state index is 12.1. The molecule has 0 radical (unpaired) electrons. The second-order valence-corrected chi connectivity index (χ2v) is 4.28. The molecule has 0 saturated carbocycles. The van der Waals surface area contributed by atoms with Gasteiger partial charge < -0.3 is 9.84 Å². The average molecular weight is 286 g/mol. The van der Waals surface area contributed by atoms with Crippen LogP contribution < -0.4 is 4.74 Å². The number of carbonyl (C=O) groups excluding carboxylic acids is 1. The molecule has 0 aliphatic carbocycles. The summed E-state index contributed by atoms with van der Waals surface area (Å²) in [5.74, 6) is -0.904. The first-order valence-corrected chi connectivity index (χ1v) is 6.33. The standard InChI is InChI=1S/C15H14N2O4/c1-21-13-6-2-5-11(17-13)10-4-3-9-16-15(10)12(18)7-8-14(19)20/h2-6,9H,7-8H2,1H3,(H,19,20). The number of aliphatic carboxylic acids is 1. The molecule has 0 aliphatic heterocycles. The van der Waals surface area contributed by atoms with E-state index in [1.165, 1.54) is 13.3 Å². The second kappa shape index (κ2) is 6.60. The van der Waals surface area contributed by atoms with Crippen LogP contribution in [0.5, 0.6) is 5.88 Å². The summed E-state index contributed by atoms with van der Waals surface area (Å²) in [6, 6.07) is 8.63. The van der Waals surface area contributed by atoms with Gasteiger partial charge in [0.05, 0.1) is 19.2 Å². The number of pyridine rings is 2. The summed E-state index contributed by atoms with van der Waals surface area (Å²) in [6.45, 7) is 0. The number of nitrogens with zero attached hydrogens (tertiary/aromatic N) is 2. The SMILES string of the molecule is COc1cccc(-c2cccnc2C(=O)CCC(=O)O)n1. The van der Waals surface area contributed by atoms with Crippen molar-refractivity contribution in [3.8, 4) is 17.1 Å². The van der Waals surface area contributed by atoms with Gasteiger partial charge in [-0.15, -0.1) is 0 Å². The molecule has 0 saturated heterocycles. The molecular weight excluding hydrogens is 272 g/mol. The van der Waals surface area contributed by atoms with Crippen LogP contribution in [-0.4, -0.2) is 33.9 Å². The Morgan fingerprint density at radius 1 is 1.19 bits per heavy atom. The van der Waals surface area contributed by atoms with Crippen molar-refractivity contribution in [1.82, 2.24) is 9.97 Å². The van der Waals surface area contributed by atoms with Crippen LogP contribution >= 0.6 is 0 Å². The van der Waals surface area contributed by atoms with E-state index in [1.807, 2.05) is 0 Å². The number of Topliss-reactive ketones (excluding diaryl/α,β-unsaturated/α-hetero) is 1. The number of aromatic nitrogens is 2. The summed E-state index contributed by atoms with van der Waals surface area (Å²) >= 11 is 0. The van der Waals surface area contributed by atoms with Crippen LogP contribution in [0.4, 0.5) is 0 Å². The van der Waals surface area contributed by atoms with E-state index in [2.05, 4.69) is 9.97 Å². The number of ketones is 1. The van der Waals surface area contributed by atoms with Gasteiger partial charge in [-0.05, 0) is 18.2 Å². The van der Waals surface area contributed by atoms with Crippen LogP contribution in [0, 0.1) is 0 Å². The zero-order chi connectivity index (χ0) is 15.2. The first-order valence-electron chi connectivity index (χ1n) is 6.33. The Hall–Kier alpha value is -2.76. The molecule has 6 nitrogen and oxygen atoms in total. The maximum atomic E-state index is 12.1. The molecule has 0 fully saturated rings. The summed E-state index contributed by atoms with van der Waals surface area (Å²) < 4.78 is 5.06. The van der Waals surface area contributed by atoms with E-state index in [4.69, 9.17) is 9.84 Å². The number of carboxylic acids is 1. The minimum absolute atomic E-state index is 0.0939. The Labute approximate surface area is 121 Å². The lowest BCUT2D eigenvalue weighted by Crippen LogP contribution is -2.08. The van der Waals surface area contributed by atoms with Gasteiger partial charge in [0.15, 0.2) is 5.78 Å². The molecule has 2 aromatic heterocycles. The normalized spacial score (nSPS) is 10.1. The van der Waals surface area contributed by atoms with Crippen LogP contribution in [0.3, 0.4) is 0 Å². The molecule has 0 aliphatic rings. The predicted octanol–water partition coefficient (Wildman–Crippen LogP) is 2.20. The summed E-state index contributed by atoms with van der Waals surface area (Å²) in [5, 5.41) is 8.66. The highest BCUT2D eigenvalue weighted by Crippen LogP contribution is 2.23. The van der Waals surface area contributed by atoms with E-state index >= 15 is 0 Å². The Balaban J connectivity index is 2.36. The third-order valence-electron chi connectivity index (χ3n) is 2.85. The molecular formula is C15H14N2O4. The van der Waals surface area contributed by atoms with Gasteiger partial charge in [-0.25, -0.2) is 4.98 Å². The highest BCUT2D eigenvalue weighted by atomic mass is 16.5. The van der Waals surface area contributed by atoms with E-state index in [0.717, 1.165) is 0 Å². The highest BCUT2D eigenvalue weighted by molar-refractivity contribution is 6.01. The fourth-order valence-electron chi connectivity index (χ4n) is 1.85. The lowest BCUT2D eigenvalue weighted by atomic mass is 10.0. The summed E-state index contributed by atoms with van der Waals surface area (Å²) in [7, 11) is 1.51. The summed E-state index contributed by atoms with van der Waals surface area (Å²) in [6.07, 6.45) is 1.18. The van der Waals surface area contributed by atoms with Crippen molar-refractivity contribution in [1.29, 1.82) is 0 Å². The molecule has 0 atom stereocenters. The number of ether oxygens (including phenoxy) is 1. The molecule has 2 rings (SSSR count). The van der Waals surface area contributed by atoms with Crippen molar-refractivity contribution in [2.45, 2.75) is 12.8 Å². The van der Waals surface area contributed by atoms with Crippen LogP contribution in [-0.2, 0) is 4.79 Å². The van der Waals surface area contributed by atoms with Gasteiger partial charge in [-0.2, -0.15) is 0 Å². The molecule has 0 aromatic carbocycles. The van der Waals surface area contributed by atoms with Crippen molar-refractivity contribution < 1.29 is 19.4 Å². The van der Waals surface area contributed by atoms with Crippen LogP contribution in [0.25, 0.3) is 11.3 Å². The van der Waals surface area contributed by atoms with E-state index in [-0.39, 0.29) is 24.3 Å². The quantitative estimate of drug-likeness (QED) is 0.819. The van der Waals surface area contributed by atoms with Gasteiger partial charge in [0.25, 0.3) is 0 Å². The minimum atomic E-state index is -1.01. The molecule has 21 heavy (non-hydrogen) atoms. The molecule has 0 amide bonds. The molecule has 2 heterocycles. The smallest absolute Gasteiger partial charge is 0.303 e. The Kier molecular flexibility index (Phi) is 4.61. The molecule has 6 heteroatoms. The van der Waals surface area contributed by atoms with Gasteiger partial charge >= 0.3 is 5.97 Å². The second-order valence-electron chi connectivity index (χ2n) is 4.28. The van der Waals surface area contributed by atoms with Gasteiger partial charge in [0, 0.05) is 24.2 Å². The molecule has 0 bridgehead atoms. The van der Waals surface area contributed by atoms with Crippen molar-refractivity contribution >= 4 is 11.8 Å². The highest BCUT2D eigenvalue weighted by Gasteiger charge is 2.16. The Bertz CT molecular complexity index is 670. The number of hydrogen-bond acceptors (Lipinski definition) is 5. The van der Waals surface area contributed by atoms with Crippen LogP contribution in [0.15, 0.2) is 36.5 Å². The minimum Gasteiger partial charge on any atom is -0.481 e. The Morgan fingerprint density at radius 2 is 2.00 bits per heavy atom. The van der Waals surface area contributed by atoms with Gasteiger partial charge in [0.1, 0.15) is 5.69 Å². The van der Waals surface area contributed by atoms with Gasteiger partial charge in [-0.1, -0.05) is 6.07 Å². The first-order chi connectivity index (χ1) is 10.1. The number of methoxy groups -OCH3 is 1. The average Bonchev–Trinajstić information content (AvgIpc) is 2.52. The zero-order valence-corrected chi connectivity index (χ0v) is 11.4. The lowest BCUT2D eigenvalue weighted by Gasteiger charge is -2.07. The van der Waals surface area contributed by atoms with Crippen LogP contribution in [0.2, 0.25) is 0 Å². The molecule has 2 aromatic rings. The lowest BCUT2D eigenvalue weighted by molar-refractivity contribution is -0.136. The van der Waals surface area contributed by atoms with Crippen LogP contribution in [0.1, 0.15) is 23.3 Å². The van der Waals surface area contributed by atoms with E-state index < -0.39 is 5.97 Å². The third-order valence-corrected chi connectivity index (χ3v) is 2.85. The van der Waals surface area contributed by atoms with Gasteiger partial charge in [0.2, 0.25) is 5.88 Å². The number of carbonyl (C=O) groups is 2. The Morgan fingerprint density at radius 3 is 2.71 bits per heavy atom. The van der Waals surface area contributed by atoms with Crippen molar-refractivity contribution in [3.63, 3.8) is 0 Å². The number of hydrogen-bond donors (Lipinski definition) is 1. The molecule has 0 spiro atoms. The monoisotopic (exact) mass is 286 g/mol. The summed E-state index contributed by atoms with van der Waals surface area (Å²) in [4.78, 5) is 31.0. The predicted molar refractivity (Wildman–Crippen MR) is 75.2 cm³/mol. The van der Waals surface area contributed by atoms with Gasteiger partial charge in [-0.3, -0.25) is 14.6 Å². The number of carboxylic acid groups (broad SMARTS) is 1. The fourth-order valence-corrected chi connectivity index (χ4v) is 1.85. The van der Waals surface area contributed by atoms with E-state index in [0.29, 0.717) is 17.1 Å². The van der Waals surface area contributed by atoms with Crippen molar-refractivity contribution in [2.24, 2.45) is 0 Å². The van der Waals surface area contributed by atoms with Crippen molar-refractivity contribution in [3.05, 3.63) is 42.2 Å². The fraction of sp³-hybridized carbons (Fsp3) is 0.200. The zero-order valence-electron chi connectivity index (χ0n) is 11.4. The summed E-state index contributed by atoms with van der Waals surface area (Å²) in [5.41, 5.74) is 1.34. The largest absolute Gasteiger partial charge is 0.481 e. The third kappa shape index (κ3) is 3.62. The number of rotatable bonds is 6. The first kappa shape index (κ1) is 14.6. The maximum Gasteiger partial charge on any atom is 0.303 e. The topological polar surface area (TPSA) is 89.4 Å². The van der Waals surface area contributed by atoms with E-state index in [9.17, 15) is 9.59 Å². The van der Waals surface area contributed by atoms with E-state index in [1.54, 1.807) is 30.3 Å².